The van der Waals surface area contributed by atoms with Gasteiger partial charge in [0.15, 0.2) is 14.0 Å². The summed E-state index contributed by atoms with van der Waals surface area (Å²) >= 11 is 0. The molecule has 0 aliphatic carbocycles. The first-order valence-electron chi connectivity index (χ1n) is 14.9. The zero-order valence-corrected chi connectivity index (χ0v) is 27.8. The maximum atomic E-state index is 13.8. The summed E-state index contributed by atoms with van der Waals surface area (Å²) in [5, 5.41) is 12.3. The smallest absolute Gasteiger partial charge is 0.413 e. The van der Waals surface area contributed by atoms with Crippen LogP contribution in [0.4, 0.5) is 4.79 Å². The Bertz CT molecular complexity index is 1140. The van der Waals surface area contributed by atoms with Gasteiger partial charge in [0.25, 0.3) is 0 Å². The molecule has 0 aromatic heterocycles. The van der Waals surface area contributed by atoms with Gasteiger partial charge in [-0.2, -0.15) is 0 Å². The van der Waals surface area contributed by atoms with Gasteiger partial charge in [0.2, 0.25) is 0 Å². The van der Waals surface area contributed by atoms with Gasteiger partial charge < -0.3 is 23.7 Å². The standard InChI is InChI=1S/C34H51NO6Si/c1-10-34(37)30(39-25-27-20-15-12-16-21-27)29(38-24-26-18-13-11-14-19-26)28(35(34)31(36)41-32(2,3)4)22-17-23-40-42(8,9)33(5,6)7/h10-16,18-21,28-30,37H,1,17,22-25H2,2-9H3/t28-,29-,30+,34?/m1/s1. The molecule has 2 aromatic rings. The van der Waals surface area contributed by atoms with E-state index in [0.29, 0.717) is 26.1 Å². The molecule has 8 heteroatoms. The van der Waals surface area contributed by atoms with Crippen molar-refractivity contribution in [1.82, 2.24) is 4.90 Å². The third-order valence-corrected chi connectivity index (χ3v) is 12.7. The number of likely N-dealkylation sites (tertiary alicyclic amines) is 1. The molecule has 1 N–H and O–H groups in total. The molecular weight excluding hydrogens is 546 g/mol. The minimum absolute atomic E-state index is 0.0870. The average molecular weight is 598 g/mol. The Labute approximate surface area is 253 Å². The first-order valence-corrected chi connectivity index (χ1v) is 17.8. The summed E-state index contributed by atoms with van der Waals surface area (Å²) in [7, 11) is -1.95. The summed E-state index contributed by atoms with van der Waals surface area (Å²) in [5.41, 5.74) is -0.694. The Balaban J connectivity index is 1.95. The van der Waals surface area contributed by atoms with Gasteiger partial charge in [-0.25, -0.2) is 4.79 Å². The molecule has 1 unspecified atom stereocenters. The third-order valence-electron chi connectivity index (χ3n) is 8.18. The van der Waals surface area contributed by atoms with Crippen LogP contribution in [0.25, 0.3) is 0 Å². The molecule has 4 atom stereocenters. The Morgan fingerprint density at radius 2 is 1.48 bits per heavy atom. The van der Waals surface area contributed by atoms with Crippen LogP contribution in [0.3, 0.4) is 0 Å². The van der Waals surface area contributed by atoms with Gasteiger partial charge >= 0.3 is 6.09 Å². The fraction of sp³-hybridized carbons (Fsp3) is 0.559. The fourth-order valence-corrected chi connectivity index (χ4v) is 5.96. The highest BCUT2D eigenvalue weighted by atomic mass is 28.4. The summed E-state index contributed by atoms with van der Waals surface area (Å²) in [5.74, 6) is 0. The van der Waals surface area contributed by atoms with Gasteiger partial charge in [-0.15, -0.1) is 0 Å². The van der Waals surface area contributed by atoms with Crippen molar-refractivity contribution in [2.45, 2.75) is 115 Å². The number of benzene rings is 2. The van der Waals surface area contributed by atoms with E-state index in [2.05, 4.69) is 40.4 Å². The van der Waals surface area contributed by atoms with Gasteiger partial charge in [0.05, 0.1) is 19.3 Å². The van der Waals surface area contributed by atoms with Crippen molar-refractivity contribution in [1.29, 1.82) is 0 Å². The number of carbonyl (C=O) groups excluding carboxylic acids is 1. The topological polar surface area (TPSA) is 77.5 Å². The summed E-state index contributed by atoms with van der Waals surface area (Å²) < 4.78 is 25.2. The second-order valence-corrected chi connectivity index (χ2v) is 18.4. The Kier molecular flexibility index (Phi) is 11.2. The van der Waals surface area contributed by atoms with Crippen LogP contribution in [-0.4, -0.2) is 60.6 Å². The molecule has 1 aliphatic heterocycles. The first kappa shape index (κ1) is 34.0. The number of rotatable bonds is 12. The molecule has 42 heavy (non-hydrogen) atoms. The van der Waals surface area contributed by atoms with Crippen LogP contribution in [0.1, 0.15) is 65.5 Å². The molecule has 232 valence electrons. The summed E-state index contributed by atoms with van der Waals surface area (Å²) in [6.07, 6.45) is 0.362. The van der Waals surface area contributed by atoms with Crippen molar-refractivity contribution < 1.29 is 28.5 Å². The van der Waals surface area contributed by atoms with E-state index in [1.54, 1.807) is 0 Å². The maximum Gasteiger partial charge on any atom is 0.413 e. The predicted octanol–water partition coefficient (Wildman–Crippen LogP) is 7.45. The molecule has 0 radical (unpaired) electrons. The second kappa shape index (κ2) is 13.9. The first-order chi connectivity index (χ1) is 19.6. The lowest BCUT2D eigenvalue weighted by molar-refractivity contribution is -0.151. The number of aliphatic hydroxyl groups is 1. The highest BCUT2D eigenvalue weighted by Crippen LogP contribution is 2.42. The van der Waals surface area contributed by atoms with Gasteiger partial charge in [-0.1, -0.05) is 88.0 Å². The minimum atomic E-state index is -1.95. The van der Waals surface area contributed by atoms with Crippen molar-refractivity contribution in [3.63, 3.8) is 0 Å². The van der Waals surface area contributed by atoms with E-state index >= 15 is 0 Å². The minimum Gasteiger partial charge on any atom is -0.444 e. The SMILES string of the molecule is C=CC1(O)[C@@H](OCc2ccccc2)[C@H](OCc2ccccc2)[C@@H](CCCO[Si](C)(C)C(C)(C)C)N1C(=O)OC(C)(C)C. The zero-order valence-electron chi connectivity index (χ0n) is 26.8. The van der Waals surface area contributed by atoms with Crippen LogP contribution in [0, 0.1) is 0 Å². The van der Waals surface area contributed by atoms with Crippen molar-refractivity contribution in [2.75, 3.05) is 6.61 Å². The summed E-state index contributed by atoms with van der Waals surface area (Å²) in [6, 6.07) is 19.0. The molecule has 0 saturated carbocycles. The van der Waals surface area contributed by atoms with Crippen LogP contribution in [0.15, 0.2) is 73.3 Å². The van der Waals surface area contributed by atoms with Gasteiger partial charge in [-0.05, 0) is 68.9 Å². The molecule has 0 bridgehead atoms. The number of hydrogen-bond donors (Lipinski definition) is 1. The van der Waals surface area contributed by atoms with E-state index in [4.69, 9.17) is 18.6 Å². The van der Waals surface area contributed by atoms with E-state index in [9.17, 15) is 9.90 Å². The zero-order chi connectivity index (χ0) is 31.2. The van der Waals surface area contributed by atoms with Crippen LogP contribution in [-0.2, 0) is 31.9 Å². The van der Waals surface area contributed by atoms with E-state index in [0.717, 1.165) is 11.1 Å². The van der Waals surface area contributed by atoms with Crippen LogP contribution in [0.2, 0.25) is 18.1 Å². The lowest BCUT2D eigenvalue weighted by Crippen LogP contribution is -2.55. The summed E-state index contributed by atoms with van der Waals surface area (Å²) in [4.78, 5) is 15.1. The number of nitrogens with zero attached hydrogens (tertiary/aromatic N) is 1. The number of hydrogen-bond acceptors (Lipinski definition) is 6. The third kappa shape index (κ3) is 8.54. The molecule has 1 fully saturated rings. The van der Waals surface area contributed by atoms with Crippen molar-refractivity contribution in [3.05, 3.63) is 84.4 Å². The fourth-order valence-electron chi connectivity index (χ4n) is 4.87. The van der Waals surface area contributed by atoms with E-state index in [-0.39, 0.29) is 11.6 Å². The monoisotopic (exact) mass is 597 g/mol. The average Bonchev–Trinajstić information content (AvgIpc) is 3.15. The van der Waals surface area contributed by atoms with Crippen molar-refractivity contribution in [2.24, 2.45) is 0 Å². The molecule has 1 amide bonds. The van der Waals surface area contributed by atoms with Gasteiger partial charge in [0, 0.05) is 6.61 Å². The predicted molar refractivity (Wildman–Crippen MR) is 169 cm³/mol. The van der Waals surface area contributed by atoms with Crippen LogP contribution >= 0.6 is 0 Å². The molecule has 0 spiro atoms. The van der Waals surface area contributed by atoms with Crippen molar-refractivity contribution >= 4 is 14.4 Å². The van der Waals surface area contributed by atoms with Crippen molar-refractivity contribution in [3.8, 4) is 0 Å². The van der Waals surface area contributed by atoms with Gasteiger partial charge in [0.1, 0.15) is 17.8 Å². The molecule has 1 saturated heterocycles. The Morgan fingerprint density at radius 3 is 1.95 bits per heavy atom. The second-order valence-electron chi connectivity index (χ2n) is 13.6. The number of carbonyl (C=O) groups is 1. The largest absolute Gasteiger partial charge is 0.444 e. The molecule has 3 rings (SSSR count). The number of ether oxygens (including phenoxy) is 3. The van der Waals surface area contributed by atoms with Gasteiger partial charge in [-0.3, -0.25) is 4.90 Å². The Morgan fingerprint density at radius 1 is 0.952 bits per heavy atom. The number of amides is 1. The highest BCUT2D eigenvalue weighted by molar-refractivity contribution is 6.74. The summed E-state index contributed by atoms with van der Waals surface area (Å²) in [6.45, 7) is 21.5. The van der Waals surface area contributed by atoms with E-state index < -0.39 is 44.0 Å². The lowest BCUT2D eigenvalue weighted by atomic mass is 10.0. The molecule has 2 aromatic carbocycles. The van der Waals surface area contributed by atoms with Crippen LogP contribution < -0.4 is 0 Å². The van der Waals surface area contributed by atoms with E-state index in [1.807, 2.05) is 81.4 Å². The quantitative estimate of drug-likeness (QED) is 0.156. The lowest BCUT2D eigenvalue weighted by Gasteiger charge is -2.38. The van der Waals surface area contributed by atoms with E-state index in [1.165, 1.54) is 11.0 Å². The molecule has 1 aliphatic rings. The highest BCUT2D eigenvalue weighted by Gasteiger charge is 2.61. The normalized spacial score (nSPS) is 23.2. The molecule has 1 heterocycles. The Hall–Kier alpha value is -2.49. The van der Waals surface area contributed by atoms with Crippen LogP contribution in [0.5, 0.6) is 0 Å². The maximum absolute atomic E-state index is 13.8. The molecule has 7 nitrogen and oxygen atoms in total. The molecular formula is C34H51NO6Si.